The van der Waals surface area contributed by atoms with E-state index >= 15 is 0 Å². The largest absolute Gasteiger partial charge is 0.462 e. The van der Waals surface area contributed by atoms with Gasteiger partial charge in [0.05, 0.1) is 12.0 Å². The summed E-state index contributed by atoms with van der Waals surface area (Å²) in [6, 6.07) is 14.1. The third-order valence-corrected chi connectivity index (χ3v) is 5.22. The monoisotopic (exact) mass is 432 g/mol. The van der Waals surface area contributed by atoms with Gasteiger partial charge >= 0.3 is 5.97 Å². The fraction of sp³-hybridized carbons (Fsp3) is 0.350. The molecule has 0 aromatic heterocycles. The normalized spacial score (nSPS) is 24.7. The number of ether oxygens (including phenoxy) is 1. The second kappa shape index (κ2) is 8.19. The molecule has 27 heavy (non-hydrogen) atoms. The Hall–Kier alpha value is -2.25. The van der Waals surface area contributed by atoms with Crippen molar-refractivity contribution in [3.05, 3.63) is 80.3 Å². The number of nitrogens with one attached hydrogen (secondary N) is 1. The predicted molar refractivity (Wildman–Crippen MR) is 105 cm³/mol. The van der Waals surface area contributed by atoms with E-state index < -0.39 is 30.0 Å². The molecule has 0 radical (unpaired) electrons. The summed E-state index contributed by atoms with van der Waals surface area (Å²) in [5, 5.41) is 15.2. The number of hydrogen-bond acceptors (Lipinski definition) is 5. The minimum absolute atomic E-state index is 0.292. The third-order valence-electron chi connectivity index (χ3n) is 4.69. The van der Waals surface area contributed by atoms with Crippen molar-refractivity contribution < 1.29 is 14.5 Å². The van der Waals surface area contributed by atoms with Gasteiger partial charge in [-0.25, -0.2) is 0 Å². The highest BCUT2D eigenvalue weighted by Crippen LogP contribution is 2.40. The summed E-state index contributed by atoms with van der Waals surface area (Å²) in [4.78, 5) is 24.5. The van der Waals surface area contributed by atoms with Crippen molar-refractivity contribution in [2.24, 2.45) is 0 Å². The Bertz CT molecular complexity index is 810. The Morgan fingerprint density at radius 3 is 2.30 bits per heavy atom. The molecule has 1 fully saturated rings. The minimum Gasteiger partial charge on any atom is -0.462 e. The van der Waals surface area contributed by atoms with Crippen LogP contribution >= 0.6 is 15.9 Å². The third kappa shape index (κ3) is 4.20. The summed E-state index contributed by atoms with van der Waals surface area (Å²) in [6.45, 7) is 3.53. The van der Waals surface area contributed by atoms with Crippen molar-refractivity contribution in [3.63, 3.8) is 0 Å². The van der Waals surface area contributed by atoms with Crippen LogP contribution in [-0.4, -0.2) is 29.1 Å². The lowest BCUT2D eigenvalue weighted by molar-refractivity contribution is -0.527. The van der Waals surface area contributed by atoms with E-state index in [0.717, 1.165) is 15.6 Å². The van der Waals surface area contributed by atoms with Crippen LogP contribution in [0, 0.1) is 10.1 Å². The number of halogens is 1. The highest BCUT2D eigenvalue weighted by molar-refractivity contribution is 9.10. The molecule has 1 N–H and O–H groups in total. The van der Waals surface area contributed by atoms with Gasteiger partial charge in [0, 0.05) is 9.40 Å². The standard InChI is InChI=1S/C20H21BrN2O4/c1-12(2)27-20(24)18-16(13-8-10-15(21)11-9-13)19(23(25)26)17(22-18)14-6-4-3-5-7-14/h3-12,16-19,22H,1-2H3/t16-,17-,18-,19+/m0/s1. The first kappa shape index (κ1) is 19.5. The fourth-order valence-electron chi connectivity index (χ4n) is 3.60. The summed E-state index contributed by atoms with van der Waals surface area (Å²) in [5.74, 6) is -1.10. The Kier molecular flexibility index (Phi) is 5.92. The first-order valence-corrected chi connectivity index (χ1v) is 9.58. The van der Waals surface area contributed by atoms with Crippen LogP contribution < -0.4 is 5.32 Å². The molecule has 2 aromatic carbocycles. The molecular weight excluding hydrogens is 412 g/mol. The first-order valence-electron chi connectivity index (χ1n) is 8.79. The summed E-state index contributed by atoms with van der Waals surface area (Å²) in [6.07, 6.45) is -0.297. The zero-order valence-electron chi connectivity index (χ0n) is 15.0. The van der Waals surface area contributed by atoms with E-state index in [2.05, 4.69) is 21.2 Å². The molecule has 142 valence electrons. The van der Waals surface area contributed by atoms with Crippen molar-refractivity contribution in [1.82, 2.24) is 5.32 Å². The highest BCUT2D eigenvalue weighted by Gasteiger charge is 2.55. The molecule has 0 saturated carbocycles. The number of nitrogens with zero attached hydrogens (tertiary/aromatic N) is 1. The summed E-state index contributed by atoms with van der Waals surface area (Å²) < 4.78 is 6.26. The molecule has 0 spiro atoms. The van der Waals surface area contributed by atoms with Crippen molar-refractivity contribution in [3.8, 4) is 0 Å². The van der Waals surface area contributed by atoms with Crippen LogP contribution in [0.25, 0.3) is 0 Å². The van der Waals surface area contributed by atoms with E-state index in [1.54, 1.807) is 13.8 Å². The molecule has 4 atom stereocenters. The van der Waals surface area contributed by atoms with E-state index in [1.807, 2.05) is 54.6 Å². The molecule has 7 heteroatoms. The van der Waals surface area contributed by atoms with Gasteiger partial charge in [-0.05, 0) is 37.1 Å². The van der Waals surface area contributed by atoms with Gasteiger partial charge in [0.15, 0.2) is 0 Å². The van der Waals surface area contributed by atoms with E-state index in [1.165, 1.54) is 0 Å². The lowest BCUT2D eigenvalue weighted by atomic mass is 9.85. The number of nitro groups is 1. The molecule has 0 aliphatic carbocycles. The topological polar surface area (TPSA) is 81.5 Å². The van der Waals surface area contributed by atoms with Crippen molar-refractivity contribution in [2.45, 2.75) is 44.0 Å². The molecular formula is C20H21BrN2O4. The van der Waals surface area contributed by atoms with Crippen LogP contribution in [0.2, 0.25) is 0 Å². The van der Waals surface area contributed by atoms with E-state index in [-0.39, 0.29) is 11.0 Å². The lowest BCUT2D eigenvalue weighted by Crippen LogP contribution is -2.38. The maximum atomic E-state index is 12.7. The smallest absolute Gasteiger partial charge is 0.324 e. The molecule has 0 amide bonds. The van der Waals surface area contributed by atoms with Crippen molar-refractivity contribution >= 4 is 21.9 Å². The number of esters is 1. The number of hydrogen-bond donors (Lipinski definition) is 1. The van der Waals surface area contributed by atoms with E-state index in [0.29, 0.717) is 0 Å². The van der Waals surface area contributed by atoms with Crippen LogP contribution in [0.1, 0.15) is 36.9 Å². The van der Waals surface area contributed by atoms with Gasteiger partial charge in [-0.15, -0.1) is 0 Å². The molecule has 1 saturated heterocycles. The number of carbonyl (C=O) groups is 1. The van der Waals surface area contributed by atoms with Crippen LogP contribution in [0.15, 0.2) is 59.1 Å². The Morgan fingerprint density at radius 2 is 1.74 bits per heavy atom. The van der Waals surface area contributed by atoms with Crippen LogP contribution in [0.5, 0.6) is 0 Å². The molecule has 1 heterocycles. The number of rotatable bonds is 5. The highest BCUT2D eigenvalue weighted by atomic mass is 79.9. The zero-order valence-corrected chi connectivity index (χ0v) is 16.6. The van der Waals surface area contributed by atoms with Crippen LogP contribution in [0.4, 0.5) is 0 Å². The maximum absolute atomic E-state index is 12.7. The Labute approximate surface area is 166 Å². The average Bonchev–Trinajstić information content (AvgIpc) is 3.03. The molecule has 2 aromatic rings. The quantitative estimate of drug-likeness (QED) is 0.440. The van der Waals surface area contributed by atoms with Crippen molar-refractivity contribution in [2.75, 3.05) is 0 Å². The van der Waals surface area contributed by atoms with E-state index in [9.17, 15) is 14.9 Å². The van der Waals surface area contributed by atoms with Gasteiger partial charge < -0.3 is 4.74 Å². The minimum atomic E-state index is -0.988. The Balaban J connectivity index is 2.05. The zero-order chi connectivity index (χ0) is 19.6. The molecule has 1 aliphatic heterocycles. The summed E-state index contributed by atoms with van der Waals surface area (Å²) in [5.41, 5.74) is 1.51. The van der Waals surface area contributed by atoms with Crippen molar-refractivity contribution in [1.29, 1.82) is 0 Å². The van der Waals surface area contributed by atoms with Gasteiger partial charge in [-0.2, -0.15) is 0 Å². The second-order valence-corrected chi connectivity index (χ2v) is 7.79. The Morgan fingerprint density at radius 1 is 1.11 bits per heavy atom. The number of carbonyl (C=O) groups excluding carboxylic acids is 1. The van der Waals surface area contributed by atoms with Gasteiger partial charge in [-0.1, -0.05) is 58.4 Å². The van der Waals surface area contributed by atoms with Gasteiger partial charge in [0.2, 0.25) is 6.04 Å². The predicted octanol–water partition coefficient (Wildman–Crippen LogP) is 3.84. The summed E-state index contributed by atoms with van der Waals surface area (Å²) in [7, 11) is 0. The molecule has 6 nitrogen and oxygen atoms in total. The van der Waals surface area contributed by atoms with E-state index in [4.69, 9.17) is 4.74 Å². The molecule has 0 unspecified atom stereocenters. The van der Waals surface area contributed by atoms with Crippen LogP contribution in [-0.2, 0) is 9.53 Å². The SMILES string of the molecule is CC(C)OC(=O)[C@H]1N[C@@H](c2ccccc2)[C@H]([N+](=O)[O-])[C@H]1c1ccc(Br)cc1. The lowest BCUT2D eigenvalue weighted by Gasteiger charge is -2.20. The fourth-order valence-corrected chi connectivity index (χ4v) is 3.87. The molecule has 1 aliphatic rings. The van der Waals surface area contributed by atoms with Gasteiger partial charge in [0.1, 0.15) is 12.1 Å². The molecule has 0 bridgehead atoms. The number of benzene rings is 2. The maximum Gasteiger partial charge on any atom is 0.324 e. The molecule has 3 rings (SSSR count). The second-order valence-electron chi connectivity index (χ2n) is 6.87. The average molecular weight is 433 g/mol. The van der Waals surface area contributed by atoms with Gasteiger partial charge in [0.25, 0.3) is 0 Å². The van der Waals surface area contributed by atoms with Crippen LogP contribution in [0.3, 0.4) is 0 Å². The van der Waals surface area contributed by atoms with Gasteiger partial charge in [-0.3, -0.25) is 20.2 Å². The summed E-state index contributed by atoms with van der Waals surface area (Å²) >= 11 is 3.38. The first-order chi connectivity index (χ1) is 12.9.